The Morgan fingerprint density at radius 2 is 2.04 bits per heavy atom. The van der Waals surface area contributed by atoms with Gasteiger partial charge in [-0.2, -0.15) is 13.2 Å². The van der Waals surface area contributed by atoms with Gasteiger partial charge in [0, 0.05) is 11.3 Å². The molecule has 0 aliphatic heterocycles. The molecule has 0 aromatic heterocycles. The summed E-state index contributed by atoms with van der Waals surface area (Å²) < 4.78 is 36.8. The summed E-state index contributed by atoms with van der Waals surface area (Å²) in [6, 6.07) is 5.46. The average Bonchev–Trinajstić information content (AvgIpc) is 2.51. The van der Waals surface area contributed by atoms with Crippen LogP contribution in [0.1, 0.15) is 49.7 Å². The summed E-state index contributed by atoms with van der Waals surface area (Å²) in [6.45, 7) is 1.84. The Hall–Kier alpha value is -1.67. The van der Waals surface area contributed by atoms with Crippen molar-refractivity contribution in [3.63, 3.8) is 0 Å². The van der Waals surface area contributed by atoms with Crippen LogP contribution in [0, 0.1) is 23.2 Å². The van der Waals surface area contributed by atoms with Gasteiger partial charge in [0.2, 0.25) is 0 Å². The second kappa shape index (κ2) is 6.00. The molecule has 1 fully saturated rings. The highest BCUT2D eigenvalue weighted by Crippen LogP contribution is 2.52. The molecule has 0 radical (unpaired) electrons. The van der Waals surface area contributed by atoms with Gasteiger partial charge in [-0.15, -0.1) is 0 Å². The molecule has 2 nitrogen and oxygen atoms in total. The van der Waals surface area contributed by atoms with Crippen molar-refractivity contribution in [2.45, 2.75) is 57.2 Å². The number of aliphatic hydroxyl groups excluding tert-OH is 1. The van der Waals surface area contributed by atoms with Crippen molar-refractivity contribution in [3.8, 4) is 17.6 Å². The van der Waals surface area contributed by atoms with Crippen LogP contribution >= 0.6 is 0 Å². The van der Waals surface area contributed by atoms with Crippen LogP contribution in [0.15, 0.2) is 18.2 Å². The number of phenolic OH excluding ortho intramolecular Hbond substituents is 1. The van der Waals surface area contributed by atoms with Gasteiger partial charge in [-0.1, -0.05) is 18.9 Å². The molecule has 3 rings (SSSR count). The molecule has 1 aromatic rings. The molecular weight excluding hydrogens is 317 g/mol. The number of aryl methyl sites for hydroxylation is 1. The first-order valence-corrected chi connectivity index (χ1v) is 8.27. The standard InChI is InChI=1S/C19H21F3O2/c1-18(17(24)7-9-19(20,21)22)8-6-16-13(11-18)3-2-12-10-14(23)4-5-15(12)16/h4-5,10,13,16-17,23-24H,2-3,6,8,11H2,1H3/t13-,16-,17+,18-/m1/s1. The predicted molar refractivity (Wildman–Crippen MR) is 84.5 cm³/mol. The van der Waals surface area contributed by atoms with Gasteiger partial charge in [0.1, 0.15) is 11.9 Å². The maximum atomic E-state index is 12.3. The number of phenols is 1. The number of fused-ring (bicyclic) bond motifs is 3. The zero-order valence-electron chi connectivity index (χ0n) is 13.5. The van der Waals surface area contributed by atoms with E-state index < -0.39 is 17.7 Å². The first-order chi connectivity index (χ1) is 11.2. The molecule has 2 aliphatic carbocycles. The lowest BCUT2D eigenvalue weighted by molar-refractivity contribution is -0.0704. The van der Waals surface area contributed by atoms with E-state index in [2.05, 4.69) is 0 Å². The maximum absolute atomic E-state index is 12.3. The monoisotopic (exact) mass is 338 g/mol. The van der Waals surface area contributed by atoms with Crippen LogP contribution in [-0.4, -0.2) is 22.5 Å². The molecule has 0 unspecified atom stereocenters. The van der Waals surface area contributed by atoms with Crippen molar-refractivity contribution in [2.24, 2.45) is 11.3 Å². The average molecular weight is 338 g/mol. The quantitative estimate of drug-likeness (QED) is 0.755. The van der Waals surface area contributed by atoms with Crippen LogP contribution in [0.25, 0.3) is 0 Å². The largest absolute Gasteiger partial charge is 0.508 e. The molecule has 5 heteroatoms. The van der Waals surface area contributed by atoms with Crippen molar-refractivity contribution in [1.82, 2.24) is 0 Å². The fourth-order valence-electron chi connectivity index (χ4n) is 4.36. The fraction of sp³-hybridized carbons (Fsp3) is 0.579. The number of hydrogen-bond acceptors (Lipinski definition) is 2. The summed E-state index contributed by atoms with van der Waals surface area (Å²) in [5.74, 6) is 4.17. The van der Waals surface area contributed by atoms with Crippen LogP contribution in [0.4, 0.5) is 13.2 Å². The summed E-state index contributed by atoms with van der Waals surface area (Å²) >= 11 is 0. The molecule has 0 spiro atoms. The van der Waals surface area contributed by atoms with E-state index in [1.807, 2.05) is 25.0 Å². The number of hydrogen-bond donors (Lipinski definition) is 2. The van der Waals surface area contributed by atoms with E-state index in [0.717, 1.165) is 24.8 Å². The number of aromatic hydroxyl groups is 1. The molecule has 2 N–H and O–H groups in total. The zero-order chi connectivity index (χ0) is 17.5. The molecule has 1 aromatic carbocycles. The number of halogens is 3. The Labute approximate surface area is 139 Å². The molecule has 0 bridgehead atoms. The Morgan fingerprint density at radius 3 is 2.75 bits per heavy atom. The van der Waals surface area contributed by atoms with Gasteiger partial charge in [-0.05, 0) is 67.2 Å². The first kappa shape index (κ1) is 17.2. The number of aliphatic hydroxyl groups is 1. The molecular formula is C19H21F3O2. The van der Waals surface area contributed by atoms with E-state index in [1.54, 1.807) is 6.07 Å². The number of alkyl halides is 3. The third-order valence-electron chi connectivity index (χ3n) is 5.65. The molecule has 0 saturated heterocycles. The minimum Gasteiger partial charge on any atom is -0.508 e. The van der Waals surface area contributed by atoms with Gasteiger partial charge in [0.15, 0.2) is 0 Å². The van der Waals surface area contributed by atoms with Crippen molar-refractivity contribution >= 4 is 0 Å². The second-order valence-corrected chi connectivity index (χ2v) is 7.35. The third-order valence-corrected chi connectivity index (χ3v) is 5.65. The molecule has 130 valence electrons. The van der Waals surface area contributed by atoms with E-state index >= 15 is 0 Å². The third kappa shape index (κ3) is 3.39. The summed E-state index contributed by atoms with van der Waals surface area (Å²) in [6.07, 6.45) is -1.92. The van der Waals surface area contributed by atoms with Gasteiger partial charge < -0.3 is 10.2 Å². The SMILES string of the molecule is C[C@@]1([C@@H](O)C#CC(F)(F)F)CC[C@H]2c3ccc(O)cc3CC[C@@H]2C1. The summed E-state index contributed by atoms with van der Waals surface area (Å²) in [5, 5.41) is 19.8. The molecule has 2 aliphatic rings. The van der Waals surface area contributed by atoms with Crippen LogP contribution in [0.5, 0.6) is 5.75 Å². The zero-order valence-corrected chi connectivity index (χ0v) is 13.5. The highest BCUT2D eigenvalue weighted by molar-refractivity contribution is 5.39. The van der Waals surface area contributed by atoms with Crippen molar-refractivity contribution < 1.29 is 23.4 Å². The lowest BCUT2D eigenvalue weighted by Crippen LogP contribution is -2.40. The van der Waals surface area contributed by atoms with Gasteiger partial charge >= 0.3 is 6.18 Å². The van der Waals surface area contributed by atoms with Crippen molar-refractivity contribution in [2.75, 3.05) is 0 Å². The molecule has 4 atom stereocenters. The van der Waals surface area contributed by atoms with E-state index in [4.69, 9.17) is 0 Å². The first-order valence-electron chi connectivity index (χ1n) is 8.27. The van der Waals surface area contributed by atoms with Crippen LogP contribution < -0.4 is 0 Å². The highest BCUT2D eigenvalue weighted by Gasteiger charge is 2.44. The smallest absolute Gasteiger partial charge is 0.457 e. The predicted octanol–water partition coefficient (Wildman–Crippen LogP) is 4.16. The van der Waals surface area contributed by atoms with Crippen LogP contribution in [0.3, 0.4) is 0 Å². The van der Waals surface area contributed by atoms with Gasteiger partial charge in [0.05, 0.1) is 0 Å². The maximum Gasteiger partial charge on any atom is 0.457 e. The van der Waals surface area contributed by atoms with Crippen molar-refractivity contribution in [3.05, 3.63) is 29.3 Å². The van der Waals surface area contributed by atoms with E-state index in [-0.39, 0.29) is 5.75 Å². The minimum absolute atomic E-state index is 0.269. The normalized spacial score (nSPS) is 30.5. The topological polar surface area (TPSA) is 40.5 Å². The van der Waals surface area contributed by atoms with Crippen molar-refractivity contribution in [1.29, 1.82) is 0 Å². The summed E-state index contributed by atoms with van der Waals surface area (Å²) in [7, 11) is 0. The number of benzene rings is 1. The van der Waals surface area contributed by atoms with Crippen LogP contribution in [-0.2, 0) is 6.42 Å². The Bertz CT molecular complexity index is 686. The molecule has 0 amide bonds. The van der Waals surface area contributed by atoms with E-state index in [0.29, 0.717) is 24.7 Å². The van der Waals surface area contributed by atoms with E-state index in [9.17, 15) is 23.4 Å². The van der Waals surface area contributed by atoms with E-state index in [1.165, 1.54) is 11.5 Å². The number of rotatable bonds is 1. The molecule has 0 heterocycles. The fourth-order valence-corrected chi connectivity index (χ4v) is 4.36. The highest BCUT2D eigenvalue weighted by atomic mass is 19.4. The molecule has 1 saturated carbocycles. The van der Waals surface area contributed by atoms with Crippen LogP contribution in [0.2, 0.25) is 0 Å². The summed E-state index contributed by atoms with van der Waals surface area (Å²) in [4.78, 5) is 0. The lowest BCUT2D eigenvalue weighted by atomic mass is 9.59. The Morgan fingerprint density at radius 1 is 1.29 bits per heavy atom. The summed E-state index contributed by atoms with van der Waals surface area (Å²) in [5.41, 5.74) is 1.80. The van der Waals surface area contributed by atoms with Gasteiger partial charge in [0.25, 0.3) is 0 Å². The van der Waals surface area contributed by atoms with Gasteiger partial charge in [-0.25, -0.2) is 0 Å². The lowest BCUT2D eigenvalue weighted by Gasteiger charge is -2.46. The Balaban J connectivity index is 1.78. The second-order valence-electron chi connectivity index (χ2n) is 7.35. The molecule has 24 heavy (non-hydrogen) atoms. The Kier molecular flexibility index (Phi) is 4.29. The van der Waals surface area contributed by atoms with Gasteiger partial charge in [-0.3, -0.25) is 0 Å². The minimum atomic E-state index is -4.57.